The molecule has 18 heavy (non-hydrogen) atoms. The summed E-state index contributed by atoms with van der Waals surface area (Å²) in [7, 11) is 0. The van der Waals surface area contributed by atoms with Crippen molar-refractivity contribution in [2.45, 2.75) is 32.2 Å². The van der Waals surface area contributed by atoms with Gasteiger partial charge < -0.3 is 15.8 Å². The number of aryl methyl sites for hydroxylation is 1. The van der Waals surface area contributed by atoms with Crippen LogP contribution in [0.2, 0.25) is 0 Å². The van der Waals surface area contributed by atoms with Gasteiger partial charge in [-0.2, -0.15) is 0 Å². The number of benzene rings is 1. The molecule has 4 heteroatoms. The first-order chi connectivity index (χ1) is 8.70. The van der Waals surface area contributed by atoms with Crippen molar-refractivity contribution < 1.29 is 9.53 Å². The summed E-state index contributed by atoms with van der Waals surface area (Å²) >= 11 is 0. The summed E-state index contributed by atoms with van der Waals surface area (Å²) in [5, 5.41) is 2.74. The number of rotatable bonds is 5. The van der Waals surface area contributed by atoms with Gasteiger partial charge in [-0.15, -0.1) is 0 Å². The van der Waals surface area contributed by atoms with Crippen molar-refractivity contribution in [1.29, 1.82) is 0 Å². The molecule has 1 aromatic carbocycles. The highest BCUT2D eigenvalue weighted by Crippen LogP contribution is 2.31. The fourth-order valence-corrected chi connectivity index (χ4v) is 2.26. The van der Waals surface area contributed by atoms with Crippen LogP contribution < -0.4 is 15.8 Å². The second-order valence-electron chi connectivity index (χ2n) is 4.56. The molecular formula is C14H20N2O2. The van der Waals surface area contributed by atoms with Crippen molar-refractivity contribution in [3.63, 3.8) is 0 Å². The minimum atomic E-state index is 0.0284. The van der Waals surface area contributed by atoms with Gasteiger partial charge in [-0.3, -0.25) is 4.79 Å². The molecule has 0 aliphatic heterocycles. The predicted molar refractivity (Wildman–Crippen MR) is 70.5 cm³/mol. The van der Waals surface area contributed by atoms with E-state index in [0.29, 0.717) is 19.6 Å². The number of fused-ring (bicyclic) bond motifs is 1. The van der Waals surface area contributed by atoms with Crippen LogP contribution in [0.25, 0.3) is 0 Å². The molecule has 0 aromatic heterocycles. The third-order valence-electron chi connectivity index (χ3n) is 3.21. The Kier molecular flexibility index (Phi) is 4.20. The maximum Gasteiger partial charge on any atom is 0.223 e. The Morgan fingerprint density at radius 1 is 1.56 bits per heavy atom. The third kappa shape index (κ3) is 3.01. The number of ether oxygens (including phenoxy) is 1. The first kappa shape index (κ1) is 12.9. The summed E-state index contributed by atoms with van der Waals surface area (Å²) < 4.78 is 5.58. The molecule has 3 N–H and O–H groups in total. The lowest BCUT2D eigenvalue weighted by Gasteiger charge is -2.09. The van der Waals surface area contributed by atoms with Gasteiger partial charge in [-0.25, -0.2) is 0 Å². The molecule has 1 aromatic rings. The van der Waals surface area contributed by atoms with Crippen LogP contribution in [0.4, 0.5) is 0 Å². The Bertz CT molecular complexity index is 432. The van der Waals surface area contributed by atoms with Crippen LogP contribution in [0.5, 0.6) is 5.75 Å². The van der Waals surface area contributed by atoms with E-state index in [9.17, 15) is 4.79 Å². The molecule has 0 fully saturated rings. The van der Waals surface area contributed by atoms with Gasteiger partial charge in [-0.05, 0) is 43.0 Å². The predicted octanol–water partition coefficient (Wildman–Crippen LogP) is 1.54. The SMILES string of the molecule is CCNC(=O)CCOc1ccc2c(c1)CC[C@@H]2N. The summed E-state index contributed by atoms with van der Waals surface area (Å²) in [5.74, 6) is 0.854. The second kappa shape index (κ2) is 5.87. The normalized spacial score (nSPS) is 17.3. The monoisotopic (exact) mass is 248 g/mol. The molecule has 1 aliphatic carbocycles. The van der Waals surface area contributed by atoms with Gasteiger partial charge in [0.25, 0.3) is 0 Å². The average Bonchev–Trinajstić information content (AvgIpc) is 2.71. The standard InChI is InChI=1S/C14H20N2O2/c1-2-16-14(17)7-8-18-11-4-5-12-10(9-11)3-6-13(12)15/h4-5,9,13H,2-3,6-8,15H2,1H3,(H,16,17)/t13-/m0/s1. The van der Waals surface area contributed by atoms with E-state index in [0.717, 1.165) is 18.6 Å². The smallest absolute Gasteiger partial charge is 0.223 e. The van der Waals surface area contributed by atoms with Crippen molar-refractivity contribution in [3.8, 4) is 5.75 Å². The average molecular weight is 248 g/mol. The second-order valence-corrected chi connectivity index (χ2v) is 4.56. The van der Waals surface area contributed by atoms with E-state index in [1.807, 2.05) is 25.1 Å². The molecule has 0 saturated heterocycles. The van der Waals surface area contributed by atoms with Gasteiger partial charge in [0.15, 0.2) is 0 Å². The molecule has 0 unspecified atom stereocenters. The molecule has 0 spiro atoms. The maximum atomic E-state index is 11.3. The summed E-state index contributed by atoms with van der Waals surface area (Å²) in [6, 6.07) is 6.18. The van der Waals surface area contributed by atoms with Crippen molar-refractivity contribution in [1.82, 2.24) is 5.32 Å². The quantitative estimate of drug-likeness (QED) is 0.830. The lowest BCUT2D eigenvalue weighted by Crippen LogP contribution is -2.24. The molecule has 0 heterocycles. The molecule has 0 saturated carbocycles. The molecule has 0 radical (unpaired) electrons. The van der Waals surface area contributed by atoms with Crippen molar-refractivity contribution >= 4 is 5.91 Å². The van der Waals surface area contributed by atoms with Crippen LogP contribution in [-0.2, 0) is 11.2 Å². The van der Waals surface area contributed by atoms with E-state index < -0.39 is 0 Å². The number of carbonyl (C=O) groups excluding carboxylic acids is 1. The highest BCUT2D eigenvalue weighted by Gasteiger charge is 2.18. The topological polar surface area (TPSA) is 64.3 Å². The Morgan fingerprint density at radius 2 is 2.39 bits per heavy atom. The van der Waals surface area contributed by atoms with Gasteiger partial charge >= 0.3 is 0 Å². The van der Waals surface area contributed by atoms with Gasteiger partial charge in [0.2, 0.25) is 5.91 Å². The zero-order chi connectivity index (χ0) is 13.0. The Hall–Kier alpha value is -1.55. The third-order valence-corrected chi connectivity index (χ3v) is 3.21. The zero-order valence-electron chi connectivity index (χ0n) is 10.7. The zero-order valence-corrected chi connectivity index (χ0v) is 10.7. The van der Waals surface area contributed by atoms with Gasteiger partial charge in [-0.1, -0.05) is 6.07 Å². The minimum Gasteiger partial charge on any atom is -0.493 e. The number of nitrogens with one attached hydrogen (secondary N) is 1. The molecule has 0 bridgehead atoms. The summed E-state index contributed by atoms with van der Waals surface area (Å²) in [6.45, 7) is 2.98. The lowest BCUT2D eigenvalue weighted by molar-refractivity contribution is -0.121. The minimum absolute atomic E-state index is 0.0284. The fraction of sp³-hybridized carbons (Fsp3) is 0.500. The van der Waals surface area contributed by atoms with Gasteiger partial charge in [0, 0.05) is 12.6 Å². The van der Waals surface area contributed by atoms with E-state index >= 15 is 0 Å². The molecule has 2 rings (SSSR count). The Labute approximate surface area is 108 Å². The van der Waals surface area contributed by atoms with E-state index in [2.05, 4.69) is 5.32 Å². The van der Waals surface area contributed by atoms with E-state index in [4.69, 9.17) is 10.5 Å². The van der Waals surface area contributed by atoms with Crippen LogP contribution in [-0.4, -0.2) is 19.1 Å². The largest absolute Gasteiger partial charge is 0.493 e. The highest BCUT2D eigenvalue weighted by atomic mass is 16.5. The van der Waals surface area contributed by atoms with Crippen LogP contribution in [0.1, 0.15) is 36.9 Å². The van der Waals surface area contributed by atoms with Crippen molar-refractivity contribution in [2.24, 2.45) is 5.73 Å². The lowest BCUT2D eigenvalue weighted by atomic mass is 10.1. The first-order valence-electron chi connectivity index (χ1n) is 6.48. The van der Waals surface area contributed by atoms with Gasteiger partial charge in [0.1, 0.15) is 5.75 Å². The molecule has 98 valence electrons. The number of carbonyl (C=O) groups is 1. The van der Waals surface area contributed by atoms with Crippen LogP contribution in [0, 0.1) is 0 Å². The molecule has 1 aliphatic rings. The maximum absolute atomic E-state index is 11.3. The summed E-state index contributed by atoms with van der Waals surface area (Å²) in [4.78, 5) is 11.3. The number of amides is 1. The van der Waals surface area contributed by atoms with Crippen LogP contribution >= 0.6 is 0 Å². The fourth-order valence-electron chi connectivity index (χ4n) is 2.26. The van der Waals surface area contributed by atoms with Gasteiger partial charge in [0.05, 0.1) is 13.0 Å². The number of nitrogens with two attached hydrogens (primary N) is 1. The summed E-state index contributed by atoms with van der Waals surface area (Å²) in [5.41, 5.74) is 8.48. The summed E-state index contributed by atoms with van der Waals surface area (Å²) in [6.07, 6.45) is 2.42. The first-order valence-corrected chi connectivity index (χ1v) is 6.48. The van der Waals surface area contributed by atoms with Crippen molar-refractivity contribution in [2.75, 3.05) is 13.2 Å². The van der Waals surface area contributed by atoms with Crippen molar-refractivity contribution in [3.05, 3.63) is 29.3 Å². The Balaban J connectivity index is 1.86. The van der Waals surface area contributed by atoms with E-state index in [1.54, 1.807) is 0 Å². The molecular weight excluding hydrogens is 228 g/mol. The molecule has 4 nitrogen and oxygen atoms in total. The number of hydrogen-bond donors (Lipinski definition) is 2. The van der Waals surface area contributed by atoms with Crippen LogP contribution in [0.3, 0.4) is 0 Å². The highest BCUT2D eigenvalue weighted by molar-refractivity contribution is 5.75. The van der Waals surface area contributed by atoms with E-state index in [1.165, 1.54) is 11.1 Å². The molecule has 1 atom stereocenters. The Morgan fingerprint density at radius 3 is 3.17 bits per heavy atom. The molecule has 1 amide bonds. The van der Waals surface area contributed by atoms with E-state index in [-0.39, 0.29) is 11.9 Å². The number of hydrogen-bond acceptors (Lipinski definition) is 3. The van der Waals surface area contributed by atoms with Crippen LogP contribution in [0.15, 0.2) is 18.2 Å².